The Kier molecular flexibility index (Phi) is 3.65. The summed E-state index contributed by atoms with van der Waals surface area (Å²) < 4.78 is 0. The molecule has 1 saturated heterocycles. The summed E-state index contributed by atoms with van der Waals surface area (Å²) in [7, 11) is 0. The fraction of sp³-hybridized carbons (Fsp3) is 0.462. The molecule has 2 unspecified atom stereocenters. The topological polar surface area (TPSA) is 65.2 Å². The van der Waals surface area contributed by atoms with Crippen LogP contribution in [0.25, 0.3) is 0 Å². The largest absolute Gasteiger partial charge is 0.350 e. The van der Waals surface area contributed by atoms with E-state index >= 15 is 0 Å². The summed E-state index contributed by atoms with van der Waals surface area (Å²) in [5, 5.41) is 2.98. The summed E-state index contributed by atoms with van der Waals surface area (Å²) >= 11 is 0. The lowest BCUT2D eigenvalue weighted by molar-refractivity contribution is -0.124. The molecule has 0 saturated carbocycles. The first kappa shape index (κ1) is 13.0. The van der Waals surface area contributed by atoms with Crippen LogP contribution in [0.2, 0.25) is 0 Å². The average Bonchev–Trinajstić information content (AvgIpc) is 2.76. The number of hydrogen-bond acceptors (Lipinski definition) is 4. The molecule has 1 aliphatic rings. The van der Waals surface area contributed by atoms with Crippen LogP contribution in [-0.4, -0.2) is 17.5 Å². The van der Waals surface area contributed by atoms with Gasteiger partial charge in [0.05, 0.1) is 6.04 Å². The van der Waals surface area contributed by atoms with E-state index in [0.717, 1.165) is 5.56 Å². The van der Waals surface area contributed by atoms with Crippen LogP contribution >= 0.6 is 0 Å². The van der Waals surface area contributed by atoms with Crippen LogP contribution in [0.5, 0.6) is 0 Å². The van der Waals surface area contributed by atoms with Crippen molar-refractivity contribution in [2.75, 3.05) is 0 Å². The maximum atomic E-state index is 12.2. The Morgan fingerprint density at radius 3 is 2.44 bits per heavy atom. The number of carbonyl (C=O) groups is 1. The average molecular weight is 248 g/mol. The molecule has 4 N–H and O–H groups in total. The smallest absolute Gasteiger partial charge is 0.240 e. The van der Waals surface area contributed by atoms with Gasteiger partial charge in [0.2, 0.25) is 5.91 Å². The van der Waals surface area contributed by atoms with Gasteiger partial charge < -0.3 is 5.32 Å². The molecule has 1 fully saturated rings. The van der Waals surface area contributed by atoms with Crippen LogP contribution in [0.1, 0.15) is 32.4 Å². The summed E-state index contributed by atoms with van der Waals surface area (Å²) in [6.45, 7) is 5.91. The van der Waals surface area contributed by atoms with Gasteiger partial charge in [-0.25, -0.2) is 10.9 Å². The molecule has 1 aromatic rings. The fourth-order valence-corrected chi connectivity index (χ4v) is 1.96. The van der Waals surface area contributed by atoms with Crippen LogP contribution < -0.4 is 21.7 Å². The van der Waals surface area contributed by atoms with Crippen LogP contribution in [0.15, 0.2) is 30.3 Å². The SMILES string of the molecule is CC(C)(C)NC(=O)C1NNNC1c1ccccc1. The highest BCUT2D eigenvalue weighted by atomic mass is 16.2. The highest BCUT2D eigenvalue weighted by molar-refractivity contribution is 5.83. The van der Waals surface area contributed by atoms with Gasteiger partial charge in [-0.3, -0.25) is 4.79 Å². The van der Waals surface area contributed by atoms with Crippen molar-refractivity contribution in [1.82, 2.24) is 21.7 Å². The Hall–Kier alpha value is -1.43. The number of hydrogen-bond donors (Lipinski definition) is 4. The van der Waals surface area contributed by atoms with Crippen molar-refractivity contribution in [2.24, 2.45) is 0 Å². The summed E-state index contributed by atoms with van der Waals surface area (Å²) in [5.74, 6) is -0.0196. The number of nitrogens with one attached hydrogen (secondary N) is 4. The molecule has 98 valence electrons. The van der Waals surface area contributed by atoms with Crippen molar-refractivity contribution in [3.63, 3.8) is 0 Å². The molecule has 1 aromatic carbocycles. The zero-order valence-electron chi connectivity index (χ0n) is 10.9. The van der Waals surface area contributed by atoms with Crippen molar-refractivity contribution in [1.29, 1.82) is 0 Å². The molecule has 2 rings (SSSR count). The van der Waals surface area contributed by atoms with E-state index in [9.17, 15) is 4.79 Å². The summed E-state index contributed by atoms with van der Waals surface area (Å²) in [6.07, 6.45) is 0. The Morgan fingerprint density at radius 2 is 1.83 bits per heavy atom. The second kappa shape index (κ2) is 5.06. The second-order valence-electron chi connectivity index (χ2n) is 5.52. The van der Waals surface area contributed by atoms with Gasteiger partial charge in [0.15, 0.2) is 0 Å². The Balaban J connectivity index is 2.11. The van der Waals surface area contributed by atoms with E-state index in [1.54, 1.807) is 0 Å². The van der Waals surface area contributed by atoms with Crippen LogP contribution in [0.3, 0.4) is 0 Å². The van der Waals surface area contributed by atoms with Crippen LogP contribution in [0.4, 0.5) is 0 Å². The van der Waals surface area contributed by atoms with E-state index < -0.39 is 0 Å². The number of hydrazine groups is 2. The number of rotatable bonds is 2. The van der Waals surface area contributed by atoms with Crippen molar-refractivity contribution in [3.8, 4) is 0 Å². The molecule has 5 nitrogen and oxygen atoms in total. The summed E-state index contributed by atoms with van der Waals surface area (Å²) in [4.78, 5) is 12.2. The number of amides is 1. The molecule has 1 amide bonds. The predicted octanol–water partition coefficient (Wildman–Crippen LogP) is 0.623. The van der Waals surface area contributed by atoms with Gasteiger partial charge in [0.1, 0.15) is 6.04 Å². The maximum Gasteiger partial charge on any atom is 0.240 e. The molecular formula is C13H20N4O. The Bertz CT molecular complexity index is 413. The standard InChI is InChI=1S/C13H20N4O/c1-13(2,3)14-12(18)11-10(15-17-16-11)9-7-5-4-6-8-9/h4-8,10-11,15-17H,1-3H3,(H,14,18). The molecule has 1 heterocycles. The van der Waals surface area contributed by atoms with E-state index in [0.29, 0.717) is 0 Å². The zero-order chi connectivity index (χ0) is 13.2. The molecule has 2 atom stereocenters. The second-order valence-corrected chi connectivity index (χ2v) is 5.52. The lowest BCUT2D eigenvalue weighted by Gasteiger charge is -2.25. The Morgan fingerprint density at radius 1 is 1.17 bits per heavy atom. The first-order valence-corrected chi connectivity index (χ1v) is 6.10. The lowest BCUT2D eigenvalue weighted by atomic mass is 9.99. The molecule has 5 heteroatoms. The van der Waals surface area contributed by atoms with Gasteiger partial charge in [-0.1, -0.05) is 30.3 Å². The third-order valence-corrected chi connectivity index (χ3v) is 2.73. The maximum absolute atomic E-state index is 12.2. The van der Waals surface area contributed by atoms with Crippen molar-refractivity contribution >= 4 is 5.91 Å². The van der Waals surface area contributed by atoms with Gasteiger partial charge in [-0.15, -0.1) is 0 Å². The van der Waals surface area contributed by atoms with Crippen molar-refractivity contribution < 1.29 is 4.79 Å². The third kappa shape index (κ3) is 3.07. The first-order valence-electron chi connectivity index (χ1n) is 6.10. The van der Waals surface area contributed by atoms with Gasteiger partial charge in [0.25, 0.3) is 0 Å². The fourth-order valence-electron chi connectivity index (χ4n) is 1.96. The van der Waals surface area contributed by atoms with Crippen molar-refractivity contribution in [3.05, 3.63) is 35.9 Å². The van der Waals surface area contributed by atoms with Gasteiger partial charge in [-0.05, 0) is 26.3 Å². The van der Waals surface area contributed by atoms with E-state index in [4.69, 9.17) is 0 Å². The Labute approximate surface area is 107 Å². The molecule has 0 aromatic heterocycles. The molecular weight excluding hydrogens is 228 g/mol. The first-order chi connectivity index (χ1) is 8.47. The molecule has 18 heavy (non-hydrogen) atoms. The van der Waals surface area contributed by atoms with Crippen molar-refractivity contribution in [2.45, 2.75) is 38.4 Å². The van der Waals surface area contributed by atoms with Gasteiger partial charge in [-0.2, -0.15) is 5.53 Å². The summed E-state index contributed by atoms with van der Waals surface area (Å²) in [5.41, 5.74) is 9.69. The lowest BCUT2D eigenvalue weighted by Crippen LogP contribution is -2.51. The minimum Gasteiger partial charge on any atom is -0.350 e. The third-order valence-electron chi connectivity index (χ3n) is 2.73. The molecule has 0 spiro atoms. The van der Waals surface area contributed by atoms with Crippen LogP contribution in [0, 0.1) is 0 Å². The molecule has 0 aliphatic carbocycles. The van der Waals surface area contributed by atoms with E-state index in [-0.39, 0.29) is 23.5 Å². The number of carbonyl (C=O) groups excluding carboxylic acids is 1. The van der Waals surface area contributed by atoms with Crippen LogP contribution in [-0.2, 0) is 4.79 Å². The quantitative estimate of drug-likeness (QED) is 0.619. The van der Waals surface area contributed by atoms with E-state index in [1.807, 2.05) is 51.1 Å². The van der Waals surface area contributed by atoms with E-state index in [2.05, 4.69) is 21.7 Å². The van der Waals surface area contributed by atoms with E-state index in [1.165, 1.54) is 0 Å². The minimum absolute atomic E-state index is 0.0196. The summed E-state index contributed by atoms with van der Waals surface area (Å²) in [6, 6.07) is 9.50. The molecule has 0 radical (unpaired) electrons. The van der Waals surface area contributed by atoms with Gasteiger partial charge in [0, 0.05) is 5.54 Å². The molecule has 1 aliphatic heterocycles. The number of benzene rings is 1. The molecule has 0 bridgehead atoms. The predicted molar refractivity (Wildman–Crippen MR) is 70.3 cm³/mol. The van der Waals surface area contributed by atoms with Gasteiger partial charge >= 0.3 is 0 Å². The monoisotopic (exact) mass is 248 g/mol. The highest BCUT2D eigenvalue weighted by Gasteiger charge is 2.34. The zero-order valence-corrected chi connectivity index (χ0v) is 10.9. The minimum atomic E-state index is -0.327. The normalized spacial score (nSPS) is 23.9. The highest BCUT2D eigenvalue weighted by Crippen LogP contribution is 2.19.